The van der Waals surface area contributed by atoms with Crippen molar-refractivity contribution in [2.45, 2.75) is 19.3 Å². The van der Waals surface area contributed by atoms with Crippen molar-refractivity contribution in [1.29, 1.82) is 0 Å². The van der Waals surface area contributed by atoms with Crippen LogP contribution in [0.5, 0.6) is 0 Å². The summed E-state index contributed by atoms with van der Waals surface area (Å²) in [5, 5.41) is 0. The fraction of sp³-hybridized carbons (Fsp3) is 0.429. The minimum absolute atomic E-state index is 0.272. The predicted octanol–water partition coefficient (Wildman–Crippen LogP) is 0.0665. The van der Waals surface area contributed by atoms with Gasteiger partial charge in [-0.05, 0) is 6.42 Å². The van der Waals surface area contributed by atoms with Crippen LogP contribution in [-0.4, -0.2) is 17.5 Å². The van der Waals surface area contributed by atoms with Crippen LogP contribution in [0.4, 0.5) is 0 Å². The maximum atomic E-state index is 10.7. The molecule has 0 unspecified atom stereocenters. The van der Waals surface area contributed by atoms with Crippen LogP contribution in [0.25, 0.3) is 0 Å². The second-order valence-corrected chi connectivity index (χ2v) is 2.18. The first kappa shape index (κ1) is 6.90. The molecule has 1 saturated carbocycles. The van der Waals surface area contributed by atoms with E-state index in [1.54, 1.807) is 0 Å². The molecule has 3 nitrogen and oxygen atoms in total. The lowest BCUT2D eigenvalue weighted by molar-refractivity contribution is -0.123. The summed E-state index contributed by atoms with van der Waals surface area (Å²) in [4.78, 5) is 31.4. The number of hydrogen-bond acceptors (Lipinski definition) is 3. The smallest absolute Gasteiger partial charge is 0.177 e. The van der Waals surface area contributed by atoms with Crippen LogP contribution >= 0.6 is 0 Å². The molecule has 0 amide bonds. The fourth-order valence-electron chi connectivity index (χ4n) is 0.929. The van der Waals surface area contributed by atoms with Gasteiger partial charge in [0.15, 0.2) is 11.6 Å². The van der Waals surface area contributed by atoms with Crippen molar-refractivity contribution >= 4 is 17.5 Å². The Hall–Kier alpha value is -1.21. The number of Topliss-reactive ketones (excluding diaryl/α,β-unsaturated/α-hetero) is 2. The van der Waals surface area contributed by atoms with Crippen LogP contribution < -0.4 is 0 Å². The molecule has 0 saturated heterocycles. The molecule has 0 N–H and O–H groups in total. The number of carbonyl (C=O) groups excluding carboxylic acids is 3. The van der Waals surface area contributed by atoms with E-state index in [0.29, 0.717) is 19.3 Å². The molecule has 52 valence electrons. The van der Waals surface area contributed by atoms with Gasteiger partial charge in [-0.2, -0.15) is 0 Å². The zero-order valence-electron chi connectivity index (χ0n) is 5.35. The highest BCUT2D eigenvalue weighted by atomic mass is 16.2. The van der Waals surface area contributed by atoms with Crippen molar-refractivity contribution in [3.8, 4) is 0 Å². The number of carbonyl (C=O) groups is 2. The monoisotopic (exact) mass is 138 g/mol. The molecular weight excluding hydrogens is 132 g/mol. The molecule has 0 aromatic heterocycles. The van der Waals surface area contributed by atoms with E-state index in [0.717, 1.165) is 0 Å². The molecule has 0 atom stereocenters. The molecule has 1 fully saturated rings. The zero-order chi connectivity index (χ0) is 7.56. The quantitative estimate of drug-likeness (QED) is 0.270. The maximum Gasteiger partial charge on any atom is 0.177 e. The standard InChI is InChI=1S/C7H6O3/c8-4-5-6(9)2-1-3-7(5)10/h1-3H2. The Bertz CT molecular complexity index is 215. The summed E-state index contributed by atoms with van der Waals surface area (Å²) in [5.74, 6) is 0.660. The molecule has 0 bridgehead atoms. The lowest BCUT2D eigenvalue weighted by atomic mass is 9.94. The lowest BCUT2D eigenvalue weighted by Crippen LogP contribution is -2.18. The van der Waals surface area contributed by atoms with E-state index in [4.69, 9.17) is 0 Å². The van der Waals surface area contributed by atoms with Crippen molar-refractivity contribution in [3.05, 3.63) is 5.57 Å². The number of rotatable bonds is 0. The minimum atomic E-state index is -0.355. The Balaban J connectivity index is 2.94. The number of ketones is 2. The van der Waals surface area contributed by atoms with E-state index in [-0.39, 0.29) is 17.1 Å². The summed E-state index contributed by atoms with van der Waals surface area (Å²) in [5.41, 5.74) is -0.272. The van der Waals surface area contributed by atoms with E-state index in [2.05, 4.69) is 0 Å². The van der Waals surface area contributed by atoms with Gasteiger partial charge in [-0.3, -0.25) is 9.59 Å². The second-order valence-electron chi connectivity index (χ2n) is 2.18. The van der Waals surface area contributed by atoms with Crippen LogP contribution in [0, 0.1) is 0 Å². The lowest BCUT2D eigenvalue weighted by Gasteiger charge is -2.06. The Labute approximate surface area is 57.7 Å². The Morgan fingerprint density at radius 1 is 1.10 bits per heavy atom. The first-order valence-electron chi connectivity index (χ1n) is 3.07. The first-order chi connectivity index (χ1) is 4.75. The maximum absolute atomic E-state index is 10.7. The highest BCUT2D eigenvalue weighted by Gasteiger charge is 2.23. The van der Waals surface area contributed by atoms with Gasteiger partial charge in [0.05, 0.1) is 0 Å². The van der Waals surface area contributed by atoms with E-state index >= 15 is 0 Å². The topological polar surface area (TPSA) is 51.2 Å². The molecule has 1 aliphatic carbocycles. The van der Waals surface area contributed by atoms with E-state index in [1.807, 2.05) is 0 Å². The van der Waals surface area contributed by atoms with Gasteiger partial charge in [0.1, 0.15) is 11.5 Å². The normalized spacial score (nSPS) is 19.0. The third kappa shape index (κ3) is 1.04. The van der Waals surface area contributed by atoms with Crippen molar-refractivity contribution in [2.75, 3.05) is 0 Å². The summed E-state index contributed by atoms with van der Waals surface area (Å²) >= 11 is 0. The third-order valence-electron chi connectivity index (χ3n) is 1.47. The van der Waals surface area contributed by atoms with Crippen LogP contribution in [0.2, 0.25) is 0 Å². The van der Waals surface area contributed by atoms with Crippen LogP contribution in [0.1, 0.15) is 19.3 Å². The van der Waals surface area contributed by atoms with Gasteiger partial charge in [-0.25, -0.2) is 4.79 Å². The molecule has 0 spiro atoms. The summed E-state index contributed by atoms with van der Waals surface area (Å²) in [6, 6.07) is 0. The minimum Gasteiger partial charge on any atom is -0.293 e. The van der Waals surface area contributed by atoms with E-state index < -0.39 is 0 Å². The molecule has 0 aromatic carbocycles. The molecule has 3 heteroatoms. The molecular formula is C7H6O3. The predicted molar refractivity (Wildman–Crippen MR) is 33.1 cm³/mol. The zero-order valence-corrected chi connectivity index (χ0v) is 5.35. The second kappa shape index (κ2) is 2.58. The summed E-state index contributed by atoms with van der Waals surface area (Å²) in [6.45, 7) is 0. The summed E-state index contributed by atoms with van der Waals surface area (Å²) in [6.07, 6.45) is 1.20. The van der Waals surface area contributed by atoms with Gasteiger partial charge in [0.25, 0.3) is 0 Å². The molecule has 0 radical (unpaired) electrons. The van der Waals surface area contributed by atoms with Gasteiger partial charge in [0.2, 0.25) is 0 Å². The molecule has 10 heavy (non-hydrogen) atoms. The first-order valence-corrected chi connectivity index (χ1v) is 3.07. The van der Waals surface area contributed by atoms with Gasteiger partial charge < -0.3 is 0 Å². The van der Waals surface area contributed by atoms with Crippen LogP contribution in [0.15, 0.2) is 5.57 Å². The largest absolute Gasteiger partial charge is 0.293 e. The average Bonchev–Trinajstić information content (AvgIpc) is 1.88. The Morgan fingerprint density at radius 3 is 1.90 bits per heavy atom. The molecule has 0 aliphatic heterocycles. The highest BCUT2D eigenvalue weighted by molar-refractivity contribution is 6.26. The van der Waals surface area contributed by atoms with Crippen LogP contribution in [0.3, 0.4) is 0 Å². The fourth-order valence-corrected chi connectivity index (χ4v) is 0.929. The van der Waals surface area contributed by atoms with Crippen LogP contribution in [-0.2, 0) is 14.4 Å². The molecule has 1 rings (SSSR count). The summed E-state index contributed by atoms with van der Waals surface area (Å²) < 4.78 is 0. The van der Waals surface area contributed by atoms with Crippen molar-refractivity contribution < 1.29 is 14.4 Å². The molecule has 1 aliphatic rings. The average molecular weight is 138 g/mol. The van der Waals surface area contributed by atoms with Gasteiger partial charge in [-0.1, -0.05) is 0 Å². The number of allylic oxidation sites excluding steroid dienone is 1. The highest BCUT2D eigenvalue weighted by Crippen LogP contribution is 2.13. The van der Waals surface area contributed by atoms with Gasteiger partial charge in [-0.15, -0.1) is 0 Å². The Morgan fingerprint density at radius 2 is 1.60 bits per heavy atom. The molecule has 0 heterocycles. The third-order valence-corrected chi connectivity index (χ3v) is 1.47. The SMILES string of the molecule is O=C=C1C(=O)CCCC1=O. The van der Waals surface area contributed by atoms with Gasteiger partial charge >= 0.3 is 0 Å². The van der Waals surface area contributed by atoms with E-state index in [1.165, 1.54) is 5.94 Å². The van der Waals surface area contributed by atoms with Gasteiger partial charge in [0, 0.05) is 12.8 Å². The summed E-state index contributed by atoms with van der Waals surface area (Å²) in [7, 11) is 0. The van der Waals surface area contributed by atoms with Crippen molar-refractivity contribution in [3.63, 3.8) is 0 Å². The molecule has 0 aromatic rings. The van der Waals surface area contributed by atoms with Crippen molar-refractivity contribution in [2.24, 2.45) is 0 Å². The van der Waals surface area contributed by atoms with Crippen molar-refractivity contribution in [1.82, 2.24) is 0 Å². The van der Waals surface area contributed by atoms with E-state index in [9.17, 15) is 14.4 Å². The Kier molecular flexibility index (Phi) is 1.78. The number of hydrogen-bond donors (Lipinski definition) is 0.